The quantitative estimate of drug-likeness (QED) is 0.614. The molecule has 0 fully saturated rings. The van der Waals surface area contributed by atoms with Crippen molar-refractivity contribution in [1.29, 1.82) is 0 Å². The molecule has 1 N–H and O–H groups in total. The lowest BCUT2D eigenvalue weighted by Gasteiger charge is -2.09. The van der Waals surface area contributed by atoms with Crippen LogP contribution >= 0.6 is 0 Å². The van der Waals surface area contributed by atoms with Crippen LogP contribution < -0.4 is 0 Å². The molecular weight excluding hydrogens is 314 g/mol. The Morgan fingerprint density at radius 1 is 1.08 bits per heavy atom. The fourth-order valence-corrected chi connectivity index (χ4v) is 2.88. The van der Waals surface area contributed by atoms with E-state index in [1.165, 1.54) is 0 Å². The number of benzene rings is 2. The van der Waals surface area contributed by atoms with Crippen molar-refractivity contribution in [3.63, 3.8) is 0 Å². The number of pyridine rings is 1. The molecule has 0 bridgehead atoms. The molecule has 5 heteroatoms. The van der Waals surface area contributed by atoms with Crippen molar-refractivity contribution in [2.75, 3.05) is 0 Å². The van der Waals surface area contributed by atoms with Crippen LogP contribution in [0.4, 0.5) is 0 Å². The molecule has 0 aliphatic carbocycles. The normalized spacial score (nSPS) is 10.9. The van der Waals surface area contributed by atoms with E-state index in [9.17, 15) is 9.90 Å². The zero-order valence-corrected chi connectivity index (χ0v) is 13.5. The Labute approximate surface area is 144 Å². The van der Waals surface area contributed by atoms with E-state index >= 15 is 0 Å². The third-order valence-electron chi connectivity index (χ3n) is 4.16. The Balaban J connectivity index is 1.84. The summed E-state index contributed by atoms with van der Waals surface area (Å²) >= 11 is 0. The second-order valence-corrected chi connectivity index (χ2v) is 5.90. The highest BCUT2D eigenvalue weighted by atomic mass is 16.4. The number of rotatable bonds is 3. The van der Waals surface area contributed by atoms with Gasteiger partial charge in [-0.25, -0.2) is 14.8 Å². The average molecular weight is 329 g/mol. The molecule has 4 aromatic rings. The molecule has 4 rings (SSSR count). The molecule has 0 amide bonds. The van der Waals surface area contributed by atoms with E-state index in [1.54, 1.807) is 18.6 Å². The van der Waals surface area contributed by atoms with Crippen molar-refractivity contribution in [2.45, 2.75) is 6.92 Å². The van der Waals surface area contributed by atoms with Gasteiger partial charge in [-0.1, -0.05) is 23.8 Å². The predicted molar refractivity (Wildman–Crippen MR) is 96.0 cm³/mol. The summed E-state index contributed by atoms with van der Waals surface area (Å²) in [6.45, 7) is 1.94. The highest BCUT2D eigenvalue weighted by molar-refractivity contribution is 6.04. The van der Waals surface area contributed by atoms with Crippen LogP contribution in [-0.2, 0) is 0 Å². The minimum absolute atomic E-state index is 0.266. The van der Waals surface area contributed by atoms with Crippen molar-refractivity contribution in [3.8, 4) is 16.9 Å². The second-order valence-electron chi connectivity index (χ2n) is 5.90. The van der Waals surface area contributed by atoms with Crippen LogP contribution in [0, 0.1) is 6.92 Å². The van der Waals surface area contributed by atoms with Gasteiger partial charge in [-0.15, -0.1) is 0 Å². The fraction of sp³-hybridized carbons (Fsp3) is 0.0500. The first-order valence-corrected chi connectivity index (χ1v) is 7.85. The Morgan fingerprint density at radius 3 is 2.56 bits per heavy atom. The highest BCUT2D eigenvalue weighted by Gasteiger charge is 2.13. The lowest BCUT2D eigenvalue weighted by Crippen LogP contribution is -2.00. The molecule has 0 radical (unpaired) electrons. The summed E-state index contributed by atoms with van der Waals surface area (Å²) in [6.07, 6.45) is 5.32. The van der Waals surface area contributed by atoms with Gasteiger partial charge in [-0.05, 0) is 37.3 Å². The molecule has 0 saturated heterocycles. The summed E-state index contributed by atoms with van der Waals surface area (Å²) in [6, 6.07) is 15.1. The number of carboxylic acid groups (broad SMARTS) is 1. The van der Waals surface area contributed by atoms with E-state index in [0.717, 1.165) is 16.8 Å². The molecular formula is C20H15N3O2. The van der Waals surface area contributed by atoms with Crippen molar-refractivity contribution in [2.24, 2.45) is 0 Å². The summed E-state index contributed by atoms with van der Waals surface area (Å²) in [5.41, 5.74) is 4.45. The SMILES string of the molecule is Cc1ccc2nc(-c3ccc(-n4ccnc4)cc3)cc(C(=O)O)c2c1. The van der Waals surface area contributed by atoms with Gasteiger partial charge >= 0.3 is 5.97 Å². The molecule has 122 valence electrons. The van der Waals surface area contributed by atoms with Gasteiger partial charge < -0.3 is 9.67 Å². The lowest BCUT2D eigenvalue weighted by molar-refractivity contribution is 0.0699. The van der Waals surface area contributed by atoms with Gasteiger partial charge in [-0.2, -0.15) is 0 Å². The molecule has 0 unspecified atom stereocenters. The van der Waals surface area contributed by atoms with Crippen LogP contribution in [0.5, 0.6) is 0 Å². The van der Waals surface area contributed by atoms with Crippen molar-refractivity contribution in [3.05, 3.63) is 78.4 Å². The van der Waals surface area contributed by atoms with Crippen LogP contribution in [0.3, 0.4) is 0 Å². The van der Waals surface area contributed by atoms with Crippen LogP contribution in [0.25, 0.3) is 27.8 Å². The lowest BCUT2D eigenvalue weighted by atomic mass is 10.0. The number of hydrogen-bond acceptors (Lipinski definition) is 3. The van der Waals surface area contributed by atoms with Crippen molar-refractivity contribution < 1.29 is 9.90 Å². The zero-order chi connectivity index (χ0) is 17.4. The Hall–Kier alpha value is -3.47. The third-order valence-corrected chi connectivity index (χ3v) is 4.16. The van der Waals surface area contributed by atoms with Gasteiger partial charge in [0.25, 0.3) is 0 Å². The highest BCUT2D eigenvalue weighted by Crippen LogP contribution is 2.26. The number of aromatic nitrogens is 3. The zero-order valence-electron chi connectivity index (χ0n) is 13.5. The topological polar surface area (TPSA) is 68.0 Å². The number of carbonyl (C=O) groups is 1. The summed E-state index contributed by atoms with van der Waals surface area (Å²) in [5, 5.41) is 10.2. The van der Waals surface area contributed by atoms with E-state index in [2.05, 4.69) is 9.97 Å². The largest absolute Gasteiger partial charge is 0.478 e. The smallest absolute Gasteiger partial charge is 0.336 e. The number of fused-ring (bicyclic) bond motifs is 1. The van der Waals surface area contributed by atoms with E-state index in [-0.39, 0.29) is 5.56 Å². The fourth-order valence-electron chi connectivity index (χ4n) is 2.88. The van der Waals surface area contributed by atoms with Gasteiger partial charge in [0.05, 0.1) is 23.1 Å². The number of aromatic carboxylic acids is 1. The predicted octanol–water partition coefficient (Wildman–Crippen LogP) is 4.09. The van der Waals surface area contributed by atoms with Crippen LogP contribution in [0.2, 0.25) is 0 Å². The van der Waals surface area contributed by atoms with Gasteiger partial charge in [-0.3, -0.25) is 0 Å². The van der Waals surface area contributed by atoms with E-state index in [0.29, 0.717) is 16.6 Å². The van der Waals surface area contributed by atoms with Crippen molar-refractivity contribution in [1.82, 2.24) is 14.5 Å². The number of hydrogen-bond donors (Lipinski definition) is 1. The Kier molecular flexibility index (Phi) is 3.54. The maximum absolute atomic E-state index is 11.7. The van der Waals surface area contributed by atoms with E-state index < -0.39 is 5.97 Å². The van der Waals surface area contributed by atoms with Gasteiger partial charge in [0.2, 0.25) is 0 Å². The molecule has 2 heterocycles. The maximum atomic E-state index is 11.7. The number of carboxylic acids is 1. The molecule has 0 atom stereocenters. The average Bonchev–Trinajstić information content (AvgIpc) is 3.15. The second kappa shape index (κ2) is 5.87. The molecule has 0 aliphatic rings. The summed E-state index contributed by atoms with van der Waals surface area (Å²) in [7, 11) is 0. The van der Waals surface area contributed by atoms with E-state index in [1.807, 2.05) is 60.2 Å². The Morgan fingerprint density at radius 2 is 1.88 bits per heavy atom. The molecule has 5 nitrogen and oxygen atoms in total. The van der Waals surface area contributed by atoms with Crippen LogP contribution in [0.15, 0.2) is 67.3 Å². The number of nitrogens with zero attached hydrogens (tertiary/aromatic N) is 3. The number of aryl methyl sites for hydroxylation is 1. The van der Waals surface area contributed by atoms with Gasteiger partial charge in [0.1, 0.15) is 0 Å². The molecule has 0 aliphatic heterocycles. The van der Waals surface area contributed by atoms with Crippen molar-refractivity contribution >= 4 is 16.9 Å². The first kappa shape index (κ1) is 15.1. The minimum Gasteiger partial charge on any atom is -0.478 e. The number of imidazole rings is 1. The third kappa shape index (κ3) is 2.76. The first-order valence-electron chi connectivity index (χ1n) is 7.85. The molecule has 0 saturated carbocycles. The van der Waals surface area contributed by atoms with E-state index in [4.69, 9.17) is 0 Å². The summed E-state index contributed by atoms with van der Waals surface area (Å²) in [5.74, 6) is -0.950. The monoisotopic (exact) mass is 329 g/mol. The molecule has 2 aromatic carbocycles. The van der Waals surface area contributed by atoms with Gasteiger partial charge in [0, 0.05) is 29.0 Å². The van der Waals surface area contributed by atoms with Crippen LogP contribution in [0.1, 0.15) is 15.9 Å². The summed E-state index contributed by atoms with van der Waals surface area (Å²) < 4.78 is 1.91. The summed E-state index contributed by atoms with van der Waals surface area (Å²) in [4.78, 5) is 20.4. The molecule has 0 spiro atoms. The minimum atomic E-state index is -0.950. The Bertz CT molecular complexity index is 1070. The van der Waals surface area contributed by atoms with Gasteiger partial charge in [0.15, 0.2) is 0 Å². The van der Waals surface area contributed by atoms with Crippen LogP contribution in [-0.4, -0.2) is 25.6 Å². The first-order chi connectivity index (χ1) is 12.1. The molecule has 2 aromatic heterocycles. The molecule has 25 heavy (non-hydrogen) atoms. The standard InChI is InChI=1S/C20H15N3O2/c1-13-2-7-18-16(10-13)17(20(24)25)11-19(22-18)14-3-5-15(6-4-14)23-9-8-21-12-23/h2-12H,1H3,(H,24,25). The maximum Gasteiger partial charge on any atom is 0.336 e.